The molecule has 1 N–H and O–H groups in total. The Kier molecular flexibility index (Phi) is 4.31. The third-order valence-electron chi connectivity index (χ3n) is 5.03. The topological polar surface area (TPSA) is 38.3 Å². The van der Waals surface area contributed by atoms with Crippen molar-refractivity contribution in [1.29, 1.82) is 0 Å². The van der Waals surface area contributed by atoms with Crippen molar-refractivity contribution in [3.05, 3.63) is 0 Å². The van der Waals surface area contributed by atoms with Crippen LogP contribution in [0.25, 0.3) is 0 Å². The van der Waals surface area contributed by atoms with Gasteiger partial charge in [-0.05, 0) is 38.0 Å². The Bertz CT molecular complexity index is 295. The van der Waals surface area contributed by atoms with Crippen LogP contribution < -0.4 is 5.32 Å². The number of nitrogens with one attached hydrogen (secondary N) is 1. The smallest absolute Gasteiger partial charge is 0.226 e. The van der Waals surface area contributed by atoms with Crippen molar-refractivity contribution in [3.63, 3.8) is 0 Å². The molecule has 3 nitrogen and oxygen atoms in total. The molecule has 18 heavy (non-hydrogen) atoms. The highest BCUT2D eigenvalue weighted by Crippen LogP contribution is 2.40. The number of carbonyl (C=O) groups is 1. The molecule has 2 saturated carbocycles. The molecule has 0 unspecified atom stereocenters. The van der Waals surface area contributed by atoms with Gasteiger partial charge in [0.05, 0.1) is 12.1 Å². The Labute approximate surface area is 111 Å². The first kappa shape index (κ1) is 13.9. The van der Waals surface area contributed by atoms with Crippen LogP contribution in [0.4, 0.5) is 0 Å². The molecular formula is C15H27NO2. The average Bonchev–Trinajstić information content (AvgIpc) is 2.99. The molecule has 0 aromatic carbocycles. The van der Waals surface area contributed by atoms with Crippen molar-refractivity contribution in [3.8, 4) is 0 Å². The number of hydrogen-bond donors (Lipinski definition) is 1. The zero-order valence-corrected chi connectivity index (χ0v) is 12.0. The molecule has 2 rings (SSSR count). The van der Waals surface area contributed by atoms with E-state index in [1.54, 1.807) is 7.11 Å². The third kappa shape index (κ3) is 2.71. The molecule has 1 amide bonds. The van der Waals surface area contributed by atoms with Gasteiger partial charge >= 0.3 is 0 Å². The lowest BCUT2D eigenvalue weighted by molar-refractivity contribution is -0.133. The van der Waals surface area contributed by atoms with Gasteiger partial charge in [-0.3, -0.25) is 4.79 Å². The minimum absolute atomic E-state index is 0.216. The van der Waals surface area contributed by atoms with Gasteiger partial charge in [-0.15, -0.1) is 0 Å². The molecular weight excluding hydrogens is 226 g/mol. The summed E-state index contributed by atoms with van der Waals surface area (Å²) in [5.74, 6) is 0.781. The minimum Gasteiger partial charge on any atom is -0.379 e. The van der Waals surface area contributed by atoms with Crippen LogP contribution in [0.1, 0.15) is 58.8 Å². The molecule has 0 aliphatic heterocycles. The summed E-state index contributed by atoms with van der Waals surface area (Å²) >= 11 is 0. The summed E-state index contributed by atoms with van der Waals surface area (Å²) in [6.07, 6.45) is 8.49. The Morgan fingerprint density at radius 3 is 2.39 bits per heavy atom. The van der Waals surface area contributed by atoms with Crippen LogP contribution in [0.2, 0.25) is 0 Å². The van der Waals surface area contributed by atoms with Gasteiger partial charge in [0.2, 0.25) is 5.91 Å². The quantitative estimate of drug-likeness (QED) is 0.836. The summed E-state index contributed by atoms with van der Waals surface area (Å²) in [4.78, 5) is 12.5. The van der Waals surface area contributed by atoms with Crippen LogP contribution in [0.3, 0.4) is 0 Å². The predicted octanol–water partition coefficient (Wildman–Crippen LogP) is 2.89. The van der Waals surface area contributed by atoms with Gasteiger partial charge in [0.15, 0.2) is 0 Å². The Morgan fingerprint density at radius 2 is 1.78 bits per heavy atom. The molecule has 0 spiro atoms. The second kappa shape index (κ2) is 5.60. The van der Waals surface area contributed by atoms with E-state index in [1.165, 1.54) is 25.7 Å². The number of methoxy groups -OCH3 is 1. The van der Waals surface area contributed by atoms with Crippen LogP contribution in [0.5, 0.6) is 0 Å². The van der Waals surface area contributed by atoms with Crippen molar-refractivity contribution in [2.75, 3.05) is 7.11 Å². The first-order valence-corrected chi connectivity index (χ1v) is 7.39. The summed E-state index contributed by atoms with van der Waals surface area (Å²) < 4.78 is 5.45. The fourth-order valence-electron chi connectivity index (χ4n) is 3.56. The first-order valence-electron chi connectivity index (χ1n) is 7.39. The number of rotatable bonds is 4. The highest BCUT2D eigenvalue weighted by Gasteiger charge is 2.40. The fraction of sp³-hybridized carbons (Fsp3) is 0.933. The lowest BCUT2D eigenvalue weighted by Gasteiger charge is -2.32. The average molecular weight is 253 g/mol. The first-order chi connectivity index (χ1) is 8.55. The highest BCUT2D eigenvalue weighted by atomic mass is 16.5. The Hall–Kier alpha value is -0.570. The van der Waals surface area contributed by atoms with E-state index in [9.17, 15) is 4.79 Å². The highest BCUT2D eigenvalue weighted by molar-refractivity contribution is 5.82. The zero-order valence-electron chi connectivity index (χ0n) is 12.0. The molecule has 104 valence electrons. The molecule has 2 aliphatic carbocycles. The third-order valence-corrected chi connectivity index (χ3v) is 5.03. The second-order valence-corrected chi connectivity index (χ2v) is 6.49. The van der Waals surface area contributed by atoms with E-state index >= 15 is 0 Å². The molecule has 2 atom stereocenters. The molecule has 0 heterocycles. The van der Waals surface area contributed by atoms with Gasteiger partial charge in [0.1, 0.15) is 0 Å². The maximum absolute atomic E-state index is 12.5. The van der Waals surface area contributed by atoms with Crippen LogP contribution in [-0.4, -0.2) is 25.2 Å². The molecule has 0 radical (unpaired) electrons. The molecule has 0 aromatic heterocycles. The van der Waals surface area contributed by atoms with Crippen molar-refractivity contribution in [2.45, 2.75) is 70.9 Å². The van der Waals surface area contributed by atoms with Gasteiger partial charge in [-0.25, -0.2) is 0 Å². The molecule has 2 fully saturated rings. The Balaban J connectivity index is 1.93. The SMILES string of the molecule is CO[C@@H]1CCC[C@@H]1NC(=O)C(C)(C)C1CCCC1. The van der Waals surface area contributed by atoms with Crippen molar-refractivity contribution in [1.82, 2.24) is 5.32 Å². The van der Waals surface area contributed by atoms with E-state index in [0.717, 1.165) is 19.3 Å². The lowest BCUT2D eigenvalue weighted by Crippen LogP contribution is -2.48. The largest absolute Gasteiger partial charge is 0.379 e. The van der Waals surface area contributed by atoms with Crippen LogP contribution in [-0.2, 0) is 9.53 Å². The lowest BCUT2D eigenvalue weighted by atomic mass is 9.77. The van der Waals surface area contributed by atoms with E-state index in [0.29, 0.717) is 5.92 Å². The number of ether oxygens (including phenoxy) is 1. The maximum atomic E-state index is 12.5. The number of hydrogen-bond acceptors (Lipinski definition) is 2. The summed E-state index contributed by atoms with van der Waals surface area (Å²) in [7, 11) is 1.75. The van der Waals surface area contributed by atoms with Crippen molar-refractivity contribution in [2.24, 2.45) is 11.3 Å². The van der Waals surface area contributed by atoms with Gasteiger partial charge in [0.25, 0.3) is 0 Å². The van der Waals surface area contributed by atoms with E-state index in [1.807, 2.05) is 0 Å². The number of amides is 1. The van der Waals surface area contributed by atoms with Crippen molar-refractivity contribution >= 4 is 5.91 Å². The summed E-state index contributed by atoms with van der Waals surface area (Å²) in [6, 6.07) is 0.225. The summed E-state index contributed by atoms with van der Waals surface area (Å²) in [5, 5.41) is 3.23. The monoisotopic (exact) mass is 253 g/mol. The van der Waals surface area contributed by atoms with Crippen molar-refractivity contribution < 1.29 is 9.53 Å². The molecule has 2 aliphatic rings. The zero-order chi connectivity index (χ0) is 13.2. The van der Waals surface area contributed by atoms with Gasteiger partial charge in [-0.2, -0.15) is 0 Å². The molecule has 0 bridgehead atoms. The fourth-order valence-corrected chi connectivity index (χ4v) is 3.56. The van der Waals surface area contributed by atoms with E-state index in [2.05, 4.69) is 19.2 Å². The summed E-state index contributed by atoms with van der Waals surface area (Å²) in [6.45, 7) is 4.21. The van der Waals surface area contributed by atoms with Gasteiger partial charge < -0.3 is 10.1 Å². The second-order valence-electron chi connectivity index (χ2n) is 6.49. The minimum atomic E-state index is -0.225. The van der Waals surface area contributed by atoms with E-state index in [-0.39, 0.29) is 23.5 Å². The number of carbonyl (C=O) groups excluding carboxylic acids is 1. The predicted molar refractivity (Wildman–Crippen MR) is 72.3 cm³/mol. The van der Waals surface area contributed by atoms with Gasteiger partial charge in [-0.1, -0.05) is 26.7 Å². The van der Waals surface area contributed by atoms with Crippen LogP contribution in [0.15, 0.2) is 0 Å². The molecule has 0 aromatic rings. The maximum Gasteiger partial charge on any atom is 0.226 e. The normalized spacial score (nSPS) is 29.7. The Morgan fingerprint density at radius 1 is 1.11 bits per heavy atom. The van der Waals surface area contributed by atoms with Gasteiger partial charge in [0, 0.05) is 12.5 Å². The summed E-state index contributed by atoms with van der Waals surface area (Å²) in [5.41, 5.74) is -0.225. The van der Waals surface area contributed by atoms with Crippen LogP contribution >= 0.6 is 0 Å². The van der Waals surface area contributed by atoms with Crippen LogP contribution in [0, 0.1) is 11.3 Å². The standard InChI is InChI=1S/C15H27NO2/c1-15(2,11-7-4-5-8-11)14(17)16-12-9-6-10-13(12)18-3/h11-13H,4-10H2,1-3H3,(H,16,17)/t12-,13+/m0/s1. The molecule has 0 saturated heterocycles. The van der Waals surface area contributed by atoms with E-state index < -0.39 is 0 Å². The molecule has 3 heteroatoms. The van der Waals surface area contributed by atoms with E-state index in [4.69, 9.17) is 4.74 Å².